The number of halogens is 1. The van der Waals surface area contributed by atoms with E-state index in [0.717, 1.165) is 21.0 Å². The van der Waals surface area contributed by atoms with Crippen molar-refractivity contribution in [3.05, 3.63) is 27.7 Å². The molecule has 1 aliphatic carbocycles. The van der Waals surface area contributed by atoms with E-state index in [0.29, 0.717) is 6.04 Å². The molecule has 0 unspecified atom stereocenters. The molecule has 1 aliphatic rings. The lowest BCUT2D eigenvalue weighted by Gasteiger charge is -2.05. The van der Waals surface area contributed by atoms with E-state index in [9.17, 15) is 0 Å². The zero-order valence-electron chi connectivity index (χ0n) is 10.3. The first kappa shape index (κ1) is 12.1. The van der Waals surface area contributed by atoms with Gasteiger partial charge in [0.05, 0.1) is 0 Å². The number of aryl methyl sites for hydroxylation is 2. The zero-order valence-corrected chi connectivity index (χ0v) is 12.7. The average molecular weight is 324 g/mol. The zero-order chi connectivity index (χ0) is 12.7. The van der Waals surface area contributed by atoms with Gasteiger partial charge in [-0.25, -0.2) is 0 Å². The van der Waals surface area contributed by atoms with E-state index in [2.05, 4.69) is 56.6 Å². The molecule has 0 amide bonds. The molecule has 1 saturated carbocycles. The molecule has 94 valence electrons. The molecule has 1 N–H and O–H groups in total. The van der Waals surface area contributed by atoms with E-state index in [1.165, 1.54) is 35.5 Å². The van der Waals surface area contributed by atoms with Crippen LogP contribution in [-0.2, 0) is 0 Å². The lowest BCUT2D eigenvalue weighted by atomic mass is 10.1. The molecule has 18 heavy (non-hydrogen) atoms. The van der Waals surface area contributed by atoms with Crippen LogP contribution in [0.25, 0.3) is 11.4 Å². The van der Waals surface area contributed by atoms with Gasteiger partial charge in [0.25, 0.3) is 0 Å². The van der Waals surface area contributed by atoms with Crippen LogP contribution >= 0.6 is 27.5 Å². The second-order valence-electron chi connectivity index (χ2n) is 4.77. The predicted molar refractivity (Wildman–Crippen MR) is 79.2 cm³/mol. The highest BCUT2D eigenvalue weighted by Crippen LogP contribution is 2.30. The third-order valence-electron chi connectivity index (χ3n) is 3.03. The molecule has 0 atom stereocenters. The van der Waals surface area contributed by atoms with E-state index < -0.39 is 0 Å². The SMILES string of the molecule is Cc1cc(-c2nsc(NC3CC3)n2)cc(C)c1Br. The molecule has 2 aromatic rings. The summed E-state index contributed by atoms with van der Waals surface area (Å²) in [5.41, 5.74) is 3.53. The molecule has 0 saturated heterocycles. The van der Waals surface area contributed by atoms with E-state index in [4.69, 9.17) is 0 Å². The van der Waals surface area contributed by atoms with Gasteiger partial charge in [-0.1, -0.05) is 15.9 Å². The summed E-state index contributed by atoms with van der Waals surface area (Å²) in [7, 11) is 0. The minimum Gasteiger partial charge on any atom is -0.358 e. The van der Waals surface area contributed by atoms with Gasteiger partial charge >= 0.3 is 0 Å². The summed E-state index contributed by atoms with van der Waals surface area (Å²) in [5, 5.41) is 4.32. The monoisotopic (exact) mass is 323 g/mol. The first-order valence-electron chi connectivity index (χ1n) is 6.01. The van der Waals surface area contributed by atoms with Crippen LogP contribution in [0.3, 0.4) is 0 Å². The Bertz CT molecular complexity index is 567. The van der Waals surface area contributed by atoms with Crippen LogP contribution in [0.5, 0.6) is 0 Å². The smallest absolute Gasteiger partial charge is 0.203 e. The molecular weight excluding hydrogens is 310 g/mol. The maximum atomic E-state index is 4.55. The summed E-state index contributed by atoms with van der Waals surface area (Å²) in [5.74, 6) is 0.821. The molecule has 1 heterocycles. The Balaban J connectivity index is 1.91. The van der Waals surface area contributed by atoms with Gasteiger partial charge in [0.2, 0.25) is 5.13 Å². The summed E-state index contributed by atoms with van der Waals surface area (Å²) in [4.78, 5) is 4.55. The number of aromatic nitrogens is 2. The molecule has 0 aliphatic heterocycles. The predicted octanol–water partition coefficient (Wildman–Crippen LogP) is 4.16. The van der Waals surface area contributed by atoms with Crippen molar-refractivity contribution in [2.45, 2.75) is 32.7 Å². The number of benzene rings is 1. The Morgan fingerprint density at radius 1 is 1.28 bits per heavy atom. The Morgan fingerprint density at radius 2 is 1.94 bits per heavy atom. The minimum atomic E-state index is 0.624. The number of rotatable bonds is 3. The average Bonchev–Trinajstić information content (AvgIpc) is 3.01. The Labute approximate surface area is 119 Å². The van der Waals surface area contributed by atoms with Crippen LogP contribution in [0.2, 0.25) is 0 Å². The van der Waals surface area contributed by atoms with Crippen molar-refractivity contribution in [2.24, 2.45) is 0 Å². The summed E-state index contributed by atoms with van der Waals surface area (Å²) >= 11 is 5.03. The van der Waals surface area contributed by atoms with Crippen molar-refractivity contribution in [3.63, 3.8) is 0 Å². The third-order valence-corrected chi connectivity index (χ3v) is 4.92. The highest BCUT2D eigenvalue weighted by molar-refractivity contribution is 9.10. The van der Waals surface area contributed by atoms with Gasteiger partial charge in [0.15, 0.2) is 5.82 Å². The van der Waals surface area contributed by atoms with Gasteiger partial charge in [0, 0.05) is 27.6 Å². The first-order valence-corrected chi connectivity index (χ1v) is 7.57. The van der Waals surface area contributed by atoms with Crippen LogP contribution in [-0.4, -0.2) is 15.4 Å². The van der Waals surface area contributed by atoms with E-state index in [1.807, 2.05) is 0 Å². The Hall–Kier alpha value is -0.940. The van der Waals surface area contributed by atoms with Crippen LogP contribution in [0.15, 0.2) is 16.6 Å². The van der Waals surface area contributed by atoms with Crippen molar-refractivity contribution in [3.8, 4) is 11.4 Å². The summed E-state index contributed by atoms with van der Waals surface area (Å²) in [6, 6.07) is 4.87. The molecule has 0 radical (unpaired) electrons. The molecule has 0 spiro atoms. The van der Waals surface area contributed by atoms with Gasteiger partial charge in [-0.3, -0.25) is 0 Å². The van der Waals surface area contributed by atoms with Crippen molar-refractivity contribution in [1.29, 1.82) is 0 Å². The van der Waals surface area contributed by atoms with Crippen LogP contribution in [0.4, 0.5) is 5.13 Å². The van der Waals surface area contributed by atoms with E-state index in [1.54, 1.807) is 0 Å². The number of anilines is 1. The van der Waals surface area contributed by atoms with Gasteiger partial charge in [0.1, 0.15) is 0 Å². The molecule has 1 aromatic heterocycles. The highest BCUT2D eigenvalue weighted by atomic mass is 79.9. The molecule has 1 fully saturated rings. The number of hydrogen-bond acceptors (Lipinski definition) is 4. The molecule has 5 heteroatoms. The summed E-state index contributed by atoms with van der Waals surface area (Å²) in [6.07, 6.45) is 2.51. The quantitative estimate of drug-likeness (QED) is 0.921. The summed E-state index contributed by atoms with van der Waals surface area (Å²) in [6.45, 7) is 4.19. The van der Waals surface area contributed by atoms with Crippen molar-refractivity contribution < 1.29 is 0 Å². The standard InChI is InChI=1S/C13H14BrN3S/c1-7-5-9(6-8(2)11(7)14)12-16-13(18-17-12)15-10-3-4-10/h5-6,10H,3-4H2,1-2H3,(H,15,16,17). The first-order chi connectivity index (χ1) is 8.63. The van der Waals surface area contributed by atoms with Gasteiger partial charge in [-0.05, 0) is 49.9 Å². The topological polar surface area (TPSA) is 37.8 Å². The molecule has 3 nitrogen and oxygen atoms in total. The van der Waals surface area contributed by atoms with Crippen LogP contribution in [0.1, 0.15) is 24.0 Å². The van der Waals surface area contributed by atoms with E-state index in [-0.39, 0.29) is 0 Å². The second-order valence-corrected chi connectivity index (χ2v) is 6.31. The minimum absolute atomic E-state index is 0.624. The van der Waals surface area contributed by atoms with Crippen molar-refractivity contribution in [2.75, 3.05) is 5.32 Å². The molecule has 0 bridgehead atoms. The molecule has 1 aromatic carbocycles. The lowest BCUT2D eigenvalue weighted by molar-refractivity contribution is 1.14. The molecular formula is C13H14BrN3S. The largest absolute Gasteiger partial charge is 0.358 e. The Kier molecular flexibility index (Phi) is 3.11. The maximum absolute atomic E-state index is 4.55. The van der Waals surface area contributed by atoms with Crippen molar-refractivity contribution in [1.82, 2.24) is 9.36 Å². The Morgan fingerprint density at radius 3 is 2.56 bits per heavy atom. The highest BCUT2D eigenvalue weighted by Gasteiger charge is 2.22. The number of hydrogen-bond donors (Lipinski definition) is 1. The fraction of sp³-hybridized carbons (Fsp3) is 0.385. The third kappa shape index (κ3) is 2.42. The van der Waals surface area contributed by atoms with Crippen molar-refractivity contribution >= 4 is 32.6 Å². The van der Waals surface area contributed by atoms with E-state index >= 15 is 0 Å². The number of nitrogens with one attached hydrogen (secondary N) is 1. The number of nitrogens with zero attached hydrogens (tertiary/aromatic N) is 2. The van der Waals surface area contributed by atoms with Gasteiger partial charge in [-0.2, -0.15) is 9.36 Å². The lowest BCUT2D eigenvalue weighted by Crippen LogP contribution is -1.99. The second kappa shape index (κ2) is 4.63. The maximum Gasteiger partial charge on any atom is 0.203 e. The fourth-order valence-electron chi connectivity index (χ4n) is 1.88. The molecule has 3 rings (SSSR count). The van der Waals surface area contributed by atoms with Gasteiger partial charge in [-0.15, -0.1) is 0 Å². The van der Waals surface area contributed by atoms with Crippen LogP contribution < -0.4 is 5.32 Å². The van der Waals surface area contributed by atoms with Crippen LogP contribution in [0, 0.1) is 13.8 Å². The van der Waals surface area contributed by atoms with Gasteiger partial charge < -0.3 is 5.32 Å². The fourth-order valence-corrected chi connectivity index (χ4v) is 2.77. The normalized spacial score (nSPS) is 14.8. The summed E-state index contributed by atoms with van der Waals surface area (Å²) < 4.78 is 5.60.